The van der Waals surface area contributed by atoms with E-state index < -0.39 is 151 Å². The maximum absolute atomic E-state index is 14.9. The first-order chi connectivity index (χ1) is 26.0. The Labute approximate surface area is 311 Å². The molecule has 0 fully saturated rings. The normalized spacial score (nSPS) is 15.4. The van der Waals surface area contributed by atoms with Gasteiger partial charge in [0.2, 0.25) is 11.8 Å². The van der Waals surface area contributed by atoms with Crippen molar-refractivity contribution >= 4 is 23.6 Å². The topological polar surface area (TPSA) is 171 Å². The summed E-state index contributed by atoms with van der Waals surface area (Å²) < 4.78 is 355. The molecule has 1 unspecified atom stereocenters. The van der Waals surface area contributed by atoms with E-state index in [2.05, 4.69) is 5.73 Å². The molecule has 0 aliphatic rings. The molecule has 0 radical (unpaired) electrons. The van der Waals surface area contributed by atoms with Crippen molar-refractivity contribution in [1.82, 2.24) is 9.80 Å². The van der Waals surface area contributed by atoms with Gasteiger partial charge in [-0.25, -0.2) is 0 Å². The minimum absolute atomic E-state index is 1.30. The van der Waals surface area contributed by atoms with Crippen molar-refractivity contribution in [3.05, 3.63) is 0 Å². The maximum Gasteiger partial charge on any atom is 0.458 e. The van der Waals surface area contributed by atoms with Crippen LogP contribution < -0.4 is 17.2 Å². The minimum atomic E-state index is -8.25. The highest BCUT2D eigenvalue weighted by Crippen LogP contribution is 2.57. The monoisotopic (exact) mass is 955 g/mol. The van der Waals surface area contributed by atoms with Crippen LogP contribution in [0.15, 0.2) is 0 Å². The van der Waals surface area contributed by atoms with E-state index in [1.165, 1.54) is 9.47 Å². The second kappa shape index (κ2) is 17.0. The Hall–Kier alpha value is -4.06. The number of carbonyl (C=O) groups excluding carboxylic acids is 4. The molecule has 11 nitrogen and oxygen atoms in total. The van der Waals surface area contributed by atoms with Crippen molar-refractivity contribution in [2.75, 3.05) is 26.2 Å². The number of carbonyl (C=O) groups is 4. The third-order valence-electron chi connectivity index (χ3n) is 6.98. The molecule has 0 bridgehead atoms. The standard InChI is InChI=1S/C23H19F26N5O6/c24-12(25,14(28,29)22(46,47)59-16(32,18(34,35)36)19(37,38)39)10(57)53(4-3-50)5-6-54(7(9(52)56)1-2-8(51)55)11(58)13(26,27)15(30,31)23(48,49)60-17(33,20(40,41)42)21(43,44)45/h7H,1-6,50H2,(H2,51,55)(H2,52,56). The summed E-state index contributed by atoms with van der Waals surface area (Å²) >= 11 is 0. The zero-order valence-corrected chi connectivity index (χ0v) is 27.7. The van der Waals surface area contributed by atoms with Crippen molar-refractivity contribution in [3.63, 3.8) is 0 Å². The summed E-state index contributed by atoms with van der Waals surface area (Å²) in [6.07, 6.45) is -51.2. The first-order valence-corrected chi connectivity index (χ1v) is 14.2. The molecule has 1 atom stereocenters. The van der Waals surface area contributed by atoms with Crippen LogP contribution in [-0.4, -0.2) is 138 Å². The summed E-state index contributed by atoms with van der Waals surface area (Å²) in [5, 5.41) is 0. The van der Waals surface area contributed by atoms with E-state index in [9.17, 15) is 133 Å². The number of primary amides is 2. The van der Waals surface area contributed by atoms with Gasteiger partial charge in [-0.15, -0.1) is 0 Å². The molecule has 354 valence electrons. The van der Waals surface area contributed by atoms with Gasteiger partial charge in [0, 0.05) is 32.6 Å². The number of nitrogens with zero attached hydrogens (tertiary/aromatic N) is 2. The Bertz CT molecular complexity index is 1530. The van der Waals surface area contributed by atoms with Crippen LogP contribution in [0.1, 0.15) is 12.8 Å². The molecular weight excluding hydrogens is 936 g/mol. The number of hydrogen-bond donors (Lipinski definition) is 3. The van der Waals surface area contributed by atoms with Gasteiger partial charge in [0.25, 0.3) is 5.91 Å². The molecule has 0 aliphatic heterocycles. The van der Waals surface area contributed by atoms with Gasteiger partial charge in [0.1, 0.15) is 6.04 Å². The smallest absolute Gasteiger partial charge is 0.370 e. The van der Waals surface area contributed by atoms with Crippen molar-refractivity contribution in [3.8, 4) is 0 Å². The molecule has 0 rings (SSSR count). The van der Waals surface area contributed by atoms with E-state index in [-0.39, 0.29) is 0 Å². The Morgan fingerprint density at radius 2 is 0.800 bits per heavy atom. The largest absolute Gasteiger partial charge is 0.458 e. The van der Waals surface area contributed by atoms with Gasteiger partial charge < -0.3 is 27.0 Å². The van der Waals surface area contributed by atoms with Crippen LogP contribution in [0.2, 0.25) is 0 Å². The maximum atomic E-state index is 14.9. The third kappa shape index (κ3) is 10.3. The zero-order chi connectivity index (χ0) is 48.7. The predicted octanol–water partition coefficient (Wildman–Crippen LogP) is 5.06. The summed E-state index contributed by atoms with van der Waals surface area (Å²) in [7, 11) is 0. The van der Waals surface area contributed by atoms with Gasteiger partial charge in [0.05, 0.1) is 0 Å². The summed E-state index contributed by atoms with van der Waals surface area (Å²) in [6, 6.07) is -3.37. The first kappa shape index (κ1) is 55.9. The van der Waals surface area contributed by atoms with E-state index in [1.54, 1.807) is 0 Å². The van der Waals surface area contributed by atoms with Crippen molar-refractivity contribution in [2.45, 2.75) is 91.2 Å². The third-order valence-corrected chi connectivity index (χ3v) is 6.98. The summed E-state index contributed by atoms with van der Waals surface area (Å²) in [5.74, 6) is -60.3. The average Bonchev–Trinajstić information content (AvgIpc) is 3.01. The quantitative estimate of drug-likeness (QED) is 0.143. The molecule has 4 amide bonds. The highest BCUT2D eigenvalue weighted by atomic mass is 19.4. The van der Waals surface area contributed by atoms with Crippen LogP contribution in [-0.2, 0) is 28.7 Å². The average molecular weight is 955 g/mol. The number of alkyl halides is 26. The number of halogens is 26. The molecule has 0 aliphatic carbocycles. The molecule has 0 aromatic heterocycles. The minimum Gasteiger partial charge on any atom is -0.370 e. The molecule has 0 aromatic carbocycles. The molecule has 0 spiro atoms. The van der Waals surface area contributed by atoms with Crippen molar-refractivity contribution < 1.29 is 143 Å². The fraction of sp³-hybridized carbons (Fsp3) is 0.826. The van der Waals surface area contributed by atoms with Crippen LogP contribution in [0.25, 0.3) is 0 Å². The molecule has 6 N–H and O–H groups in total. The number of amides is 4. The summed E-state index contributed by atoms with van der Waals surface area (Å²) in [6.45, 7) is -8.74. The second-order valence-electron chi connectivity index (χ2n) is 11.2. The molecule has 0 heterocycles. The lowest BCUT2D eigenvalue weighted by atomic mass is 10.0. The summed E-state index contributed by atoms with van der Waals surface area (Å²) in [4.78, 5) is 45.3. The van der Waals surface area contributed by atoms with Crippen LogP contribution in [0.4, 0.5) is 114 Å². The Kier molecular flexibility index (Phi) is 15.9. The Balaban J connectivity index is 7.46. The van der Waals surface area contributed by atoms with Crippen molar-refractivity contribution in [2.24, 2.45) is 17.2 Å². The predicted molar refractivity (Wildman–Crippen MR) is 133 cm³/mol. The first-order valence-electron chi connectivity index (χ1n) is 14.2. The van der Waals surface area contributed by atoms with E-state index in [1.807, 2.05) is 0 Å². The number of ether oxygens (including phenoxy) is 2. The van der Waals surface area contributed by atoms with Crippen LogP contribution in [0.3, 0.4) is 0 Å². The van der Waals surface area contributed by atoms with Crippen LogP contribution in [0.5, 0.6) is 0 Å². The molecule has 0 saturated heterocycles. The zero-order valence-electron chi connectivity index (χ0n) is 27.7. The SMILES string of the molecule is NCCN(CCN(C(=O)C(F)(F)C(F)(F)C(F)(F)OC(F)(C(F)(F)F)C(F)(F)F)C(CCC(N)=O)C(N)=O)C(=O)C(F)(F)C(F)(F)C(F)(F)OC(F)(C(F)(F)F)C(F)(F)F. The van der Waals surface area contributed by atoms with Gasteiger partial charge in [-0.3, -0.25) is 28.7 Å². The lowest BCUT2D eigenvalue weighted by Gasteiger charge is -2.40. The van der Waals surface area contributed by atoms with Gasteiger partial charge in [0.15, 0.2) is 0 Å². The number of nitrogens with two attached hydrogens (primary N) is 3. The van der Waals surface area contributed by atoms with Gasteiger partial charge in [-0.1, -0.05) is 0 Å². The van der Waals surface area contributed by atoms with E-state index >= 15 is 0 Å². The highest BCUT2D eigenvalue weighted by Gasteiger charge is 2.86. The highest BCUT2D eigenvalue weighted by molar-refractivity contribution is 5.91. The van der Waals surface area contributed by atoms with E-state index in [0.717, 1.165) is 0 Å². The van der Waals surface area contributed by atoms with Gasteiger partial charge >= 0.3 is 78.2 Å². The fourth-order valence-corrected chi connectivity index (χ4v) is 3.88. The van der Waals surface area contributed by atoms with Crippen molar-refractivity contribution in [1.29, 1.82) is 0 Å². The Morgan fingerprint density at radius 1 is 0.483 bits per heavy atom. The van der Waals surface area contributed by atoms with E-state index in [0.29, 0.717) is 0 Å². The van der Waals surface area contributed by atoms with Crippen LogP contribution >= 0.6 is 0 Å². The molecule has 60 heavy (non-hydrogen) atoms. The molecular formula is C23H19F26N5O6. The van der Waals surface area contributed by atoms with E-state index in [4.69, 9.17) is 11.5 Å². The fourth-order valence-electron chi connectivity index (χ4n) is 3.88. The molecule has 37 heteroatoms. The molecule has 0 aromatic rings. The number of hydrogen-bond acceptors (Lipinski definition) is 7. The van der Waals surface area contributed by atoms with Gasteiger partial charge in [-0.2, -0.15) is 114 Å². The lowest BCUT2D eigenvalue weighted by Crippen LogP contribution is -2.68. The Morgan fingerprint density at radius 3 is 1.07 bits per heavy atom. The van der Waals surface area contributed by atoms with Crippen LogP contribution in [0, 0.1) is 0 Å². The molecule has 0 saturated carbocycles. The second-order valence-corrected chi connectivity index (χ2v) is 11.2. The number of rotatable bonds is 20. The van der Waals surface area contributed by atoms with Gasteiger partial charge in [-0.05, 0) is 6.42 Å². The summed E-state index contributed by atoms with van der Waals surface area (Å²) in [5.41, 5.74) is 14.1. The lowest BCUT2D eigenvalue weighted by molar-refractivity contribution is -0.512.